The molecule has 3 aliphatic rings. The topological polar surface area (TPSA) is 36.8 Å². The predicted molar refractivity (Wildman–Crippen MR) is 55.9 cm³/mol. The van der Waals surface area contributed by atoms with Crippen LogP contribution in [0.5, 0.6) is 0 Å². The summed E-state index contributed by atoms with van der Waals surface area (Å²) < 4.78 is 4.23. The first-order valence-electron chi connectivity index (χ1n) is 4.35. The maximum Gasteiger partial charge on any atom is 0.110 e. The van der Waals surface area contributed by atoms with Crippen LogP contribution in [0.2, 0.25) is 0 Å². The monoisotopic (exact) mass is 191 g/mol. The number of hydrogen-bond donors (Lipinski definition) is 1. The zero-order valence-corrected chi connectivity index (χ0v) is 7.90. The third-order valence-corrected chi connectivity index (χ3v) is 3.27. The molecule has 4 heteroatoms. The van der Waals surface area contributed by atoms with Gasteiger partial charge in [0.2, 0.25) is 0 Å². The lowest BCUT2D eigenvalue weighted by atomic mass is 10.0. The quantitative estimate of drug-likeness (QED) is 0.591. The normalized spacial score (nSPS) is 24.6. The second kappa shape index (κ2) is 2.73. The fraction of sp³-hybridized carbons (Fsp3) is 0.333. The molecular weight excluding hydrogens is 182 g/mol. The number of nitrogens with one attached hydrogen (secondary N) is 1. The third kappa shape index (κ3) is 1.05. The minimum absolute atomic E-state index is 1.01. The van der Waals surface area contributed by atoms with Crippen molar-refractivity contribution in [2.24, 2.45) is 9.50 Å². The lowest BCUT2D eigenvalue weighted by Crippen LogP contribution is -2.16. The zero-order valence-electron chi connectivity index (χ0n) is 7.08. The maximum absolute atomic E-state index is 4.23. The smallest absolute Gasteiger partial charge is 0.110 e. The van der Waals surface area contributed by atoms with Gasteiger partial charge in [-0.1, -0.05) is 0 Å². The van der Waals surface area contributed by atoms with Gasteiger partial charge in [0.25, 0.3) is 0 Å². The van der Waals surface area contributed by atoms with Crippen LogP contribution in [-0.2, 0) is 0 Å². The molecule has 0 saturated heterocycles. The van der Waals surface area contributed by atoms with Crippen molar-refractivity contribution in [1.29, 1.82) is 0 Å². The highest BCUT2D eigenvalue weighted by Gasteiger charge is 2.26. The highest BCUT2D eigenvalue weighted by Crippen LogP contribution is 2.36. The van der Waals surface area contributed by atoms with Crippen LogP contribution in [0, 0.1) is 0 Å². The van der Waals surface area contributed by atoms with E-state index in [2.05, 4.69) is 14.9 Å². The van der Waals surface area contributed by atoms with E-state index in [4.69, 9.17) is 0 Å². The Balaban J connectivity index is 2.17. The molecule has 0 aromatic rings. The number of hydrogen-bond acceptors (Lipinski definition) is 4. The number of rotatable bonds is 0. The van der Waals surface area contributed by atoms with E-state index in [9.17, 15) is 0 Å². The molecule has 0 atom stereocenters. The number of hydrazone groups is 1. The second-order valence-electron chi connectivity index (χ2n) is 3.28. The van der Waals surface area contributed by atoms with Gasteiger partial charge in [0.1, 0.15) is 5.71 Å². The second-order valence-corrected chi connectivity index (χ2v) is 4.04. The lowest BCUT2D eigenvalue weighted by molar-refractivity contribution is 0.921. The third-order valence-electron chi connectivity index (χ3n) is 2.54. The average Bonchev–Trinajstić information content (AvgIpc) is 2.44. The summed E-state index contributed by atoms with van der Waals surface area (Å²) in [6.45, 7) is 0. The molecule has 0 fully saturated rings. The average molecular weight is 191 g/mol. The number of nitrogens with zero attached hydrogens (tertiary/aromatic N) is 2. The molecule has 2 heterocycles. The lowest BCUT2D eigenvalue weighted by Gasteiger charge is -2.11. The molecule has 0 saturated carbocycles. The Hall–Kier alpha value is -1.03. The molecule has 0 aromatic heterocycles. The molecule has 0 amide bonds. The van der Waals surface area contributed by atoms with Gasteiger partial charge in [-0.15, -0.1) is 0 Å². The van der Waals surface area contributed by atoms with Crippen LogP contribution >= 0.6 is 11.9 Å². The molecule has 1 aliphatic carbocycles. The Kier molecular flexibility index (Phi) is 1.55. The zero-order chi connectivity index (χ0) is 8.67. The number of allylic oxidation sites excluding steroid dienone is 2. The summed E-state index contributed by atoms with van der Waals surface area (Å²) in [4.78, 5) is 0. The summed E-state index contributed by atoms with van der Waals surface area (Å²) in [7, 11) is 0. The van der Waals surface area contributed by atoms with Gasteiger partial charge >= 0.3 is 0 Å². The van der Waals surface area contributed by atoms with Gasteiger partial charge < -0.3 is 0 Å². The molecule has 2 aliphatic heterocycles. The fourth-order valence-corrected chi connectivity index (χ4v) is 2.62. The summed E-state index contributed by atoms with van der Waals surface area (Å²) in [5, 5.41) is 4.22. The molecule has 3 rings (SSSR count). The highest BCUT2D eigenvalue weighted by molar-refractivity contribution is 7.98. The van der Waals surface area contributed by atoms with Crippen LogP contribution in [-0.4, -0.2) is 17.7 Å². The summed E-state index contributed by atoms with van der Waals surface area (Å²) in [5.41, 5.74) is 8.20. The van der Waals surface area contributed by atoms with Crippen LogP contribution in [0.25, 0.3) is 0 Å². The van der Waals surface area contributed by atoms with E-state index in [1.54, 1.807) is 11.9 Å². The fourth-order valence-electron chi connectivity index (χ4n) is 1.93. The van der Waals surface area contributed by atoms with Crippen LogP contribution in [0.1, 0.15) is 12.8 Å². The SMILES string of the molecule is C1=NSCC2=C3C(=CNN=C13)CC2. The van der Waals surface area contributed by atoms with Crippen molar-refractivity contribution in [1.82, 2.24) is 5.43 Å². The van der Waals surface area contributed by atoms with Crippen molar-refractivity contribution >= 4 is 23.9 Å². The Morgan fingerprint density at radius 1 is 1.38 bits per heavy atom. The first-order chi connectivity index (χ1) is 6.45. The Bertz CT molecular complexity index is 376. The first-order valence-corrected chi connectivity index (χ1v) is 5.30. The molecule has 0 spiro atoms. The van der Waals surface area contributed by atoms with Gasteiger partial charge in [0.15, 0.2) is 0 Å². The summed E-state index contributed by atoms with van der Waals surface area (Å²) >= 11 is 1.62. The highest BCUT2D eigenvalue weighted by atomic mass is 32.2. The van der Waals surface area contributed by atoms with Crippen molar-refractivity contribution in [2.75, 3.05) is 5.75 Å². The van der Waals surface area contributed by atoms with E-state index in [0.717, 1.165) is 17.9 Å². The van der Waals surface area contributed by atoms with E-state index in [1.165, 1.54) is 23.1 Å². The van der Waals surface area contributed by atoms with Crippen molar-refractivity contribution in [3.63, 3.8) is 0 Å². The summed E-state index contributed by atoms with van der Waals surface area (Å²) in [5.74, 6) is 1.03. The molecule has 0 bridgehead atoms. The molecule has 0 unspecified atom stereocenters. The van der Waals surface area contributed by atoms with Crippen LogP contribution in [0.3, 0.4) is 0 Å². The van der Waals surface area contributed by atoms with Gasteiger partial charge in [-0.3, -0.25) is 5.43 Å². The van der Waals surface area contributed by atoms with E-state index in [1.807, 2.05) is 12.4 Å². The van der Waals surface area contributed by atoms with Crippen LogP contribution < -0.4 is 5.43 Å². The largest absolute Gasteiger partial charge is 0.285 e. The summed E-state index contributed by atoms with van der Waals surface area (Å²) in [6.07, 6.45) is 6.21. The maximum atomic E-state index is 4.23. The van der Waals surface area contributed by atoms with E-state index in [-0.39, 0.29) is 0 Å². The molecule has 3 nitrogen and oxygen atoms in total. The van der Waals surface area contributed by atoms with Crippen molar-refractivity contribution in [2.45, 2.75) is 12.8 Å². The van der Waals surface area contributed by atoms with E-state index >= 15 is 0 Å². The minimum atomic E-state index is 1.01. The van der Waals surface area contributed by atoms with Crippen molar-refractivity contribution in [3.8, 4) is 0 Å². The van der Waals surface area contributed by atoms with Crippen molar-refractivity contribution in [3.05, 3.63) is 22.9 Å². The first kappa shape index (κ1) is 7.38. The molecule has 13 heavy (non-hydrogen) atoms. The van der Waals surface area contributed by atoms with Crippen LogP contribution in [0.15, 0.2) is 32.4 Å². The van der Waals surface area contributed by atoms with Gasteiger partial charge in [-0.25, -0.2) is 4.40 Å². The van der Waals surface area contributed by atoms with E-state index in [0.29, 0.717) is 0 Å². The molecule has 0 radical (unpaired) electrons. The molecular formula is C9H9N3S. The van der Waals surface area contributed by atoms with E-state index < -0.39 is 0 Å². The molecule has 66 valence electrons. The Labute approximate surface area is 80.8 Å². The van der Waals surface area contributed by atoms with Gasteiger partial charge in [-0.05, 0) is 35.9 Å². The van der Waals surface area contributed by atoms with Crippen molar-refractivity contribution < 1.29 is 0 Å². The van der Waals surface area contributed by atoms with Gasteiger partial charge in [-0.2, -0.15) is 5.10 Å². The molecule has 0 aromatic carbocycles. The molecule has 1 N–H and O–H groups in total. The van der Waals surface area contributed by atoms with Crippen LogP contribution in [0.4, 0.5) is 0 Å². The Morgan fingerprint density at radius 2 is 2.38 bits per heavy atom. The predicted octanol–water partition coefficient (Wildman–Crippen LogP) is 1.65. The minimum Gasteiger partial charge on any atom is -0.285 e. The van der Waals surface area contributed by atoms with Gasteiger partial charge in [0.05, 0.1) is 6.21 Å². The Morgan fingerprint density at radius 3 is 3.38 bits per heavy atom. The summed E-state index contributed by atoms with van der Waals surface area (Å²) in [6, 6.07) is 0. The van der Waals surface area contributed by atoms with Gasteiger partial charge in [0, 0.05) is 17.5 Å². The standard InChI is InChI=1S/C9H9N3S/c1-2-7-5-13-11-4-8-9(7)6(1)3-10-12-8/h3-4,10H,1-2,5H2.